The number of nitrogens with one attached hydrogen (secondary N) is 1. The number of hydrogen-bond donors (Lipinski definition) is 1. The molecule has 7 nitrogen and oxygen atoms in total. The number of amides is 2. The van der Waals surface area contributed by atoms with Crippen LogP contribution in [0.1, 0.15) is 77.2 Å². The molecule has 1 aliphatic carbocycles. The fourth-order valence-electron chi connectivity index (χ4n) is 6.49. The van der Waals surface area contributed by atoms with Crippen molar-refractivity contribution < 1.29 is 27.2 Å². The van der Waals surface area contributed by atoms with E-state index >= 15 is 0 Å². The molecule has 2 amide bonds. The zero-order valence-corrected chi connectivity index (χ0v) is 24.5. The predicted octanol–water partition coefficient (Wildman–Crippen LogP) is 8.12. The number of nitrogens with zero attached hydrogens (tertiary/aromatic N) is 3. The highest BCUT2D eigenvalue weighted by molar-refractivity contribution is 5.98. The number of hydrogen-bond acceptors (Lipinski definition) is 4. The molecule has 1 N–H and O–H groups in total. The molecule has 232 valence electrons. The first-order valence-corrected chi connectivity index (χ1v) is 14.8. The largest absolute Gasteiger partial charge is 0.416 e. The van der Waals surface area contributed by atoms with Crippen LogP contribution in [0.4, 0.5) is 28.9 Å². The van der Waals surface area contributed by atoms with Crippen molar-refractivity contribution in [3.05, 3.63) is 99.2 Å². The number of benzene rings is 3. The second-order valence-electron chi connectivity index (χ2n) is 11.6. The van der Waals surface area contributed by atoms with E-state index < -0.39 is 41.3 Å². The molecule has 11 heteroatoms. The van der Waals surface area contributed by atoms with Crippen molar-refractivity contribution in [2.45, 2.75) is 70.6 Å². The summed E-state index contributed by atoms with van der Waals surface area (Å²) in [5.41, 5.74) is 0.663. The topological polar surface area (TPSA) is 82.1 Å². The summed E-state index contributed by atoms with van der Waals surface area (Å²) in [4.78, 5) is 40.9. The lowest BCUT2D eigenvalue weighted by molar-refractivity contribution is -0.138. The van der Waals surface area contributed by atoms with Gasteiger partial charge in [0.25, 0.3) is 5.91 Å². The molecule has 3 aromatic carbocycles. The average molecular weight is 611 g/mol. The first kappa shape index (κ1) is 31.2. The molecule has 0 radical (unpaired) electrons. The molecule has 2 aliphatic rings. The number of piperidine rings is 1. The van der Waals surface area contributed by atoms with E-state index in [9.17, 15) is 32.1 Å². The van der Waals surface area contributed by atoms with Gasteiger partial charge in [-0.25, -0.2) is 9.40 Å². The minimum Gasteiger partial charge on any atom is -0.331 e. The monoisotopic (exact) mass is 610 g/mol. The summed E-state index contributed by atoms with van der Waals surface area (Å²) < 4.78 is 55.7. The Morgan fingerprint density at radius 2 is 1.64 bits per heavy atom. The fraction of sp³-hybridized carbons (Fsp3) is 0.394. The number of nitroso groups, excluding NO2 is 1. The molecule has 2 fully saturated rings. The lowest BCUT2D eigenvalue weighted by Gasteiger charge is -2.41. The van der Waals surface area contributed by atoms with Gasteiger partial charge in [0.05, 0.1) is 40.1 Å². The molecule has 2 atom stereocenters. The van der Waals surface area contributed by atoms with Gasteiger partial charge in [0, 0.05) is 12.2 Å². The highest BCUT2D eigenvalue weighted by atomic mass is 19.4. The van der Waals surface area contributed by atoms with Gasteiger partial charge < -0.3 is 10.2 Å². The number of rotatable bonds is 7. The van der Waals surface area contributed by atoms with Gasteiger partial charge in [-0.2, -0.15) is 13.2 Å². The van der Waals surface area contributed by atoms with Crippen LogP contribution in [0.5, 0.6) is 0 Å². The minimum atomic E-state index is -4.59. The van der Waals surface area contributed by atoms with Gasteiger partial charge in [0.2, 0.25) is 5.91 Å². The van der Waals surface area contributed by atoms with Gasteiger partial charge in [-0.05, 0) is 86.6 Å². The van der Waals surface area contributed by atoms with Crippen molar-refractivity contribution in [3.8, 4) is 0 Å². The number of alkyl halides is 3. The summed E-state index contributed by atoms with van der Waals surface area (Å²) in [5.74, 6) is -2.67. The van der Waals surface area contributed by atoms with Crippen molar-refractivity contribution >= 4 is 23.2 Å². The quantitative estimate of drug-likeness (QED) is 0.166. The summed E-state index contributed by atoms with van der Waals surface area (Å²) in [5, 5.41) is 7.32. The van der Waals surface area contributed by atoms with Crippen molar-refractivity contribution in [1.82, 2.24) is 4.90 Å². The van der Waals surface area contributed by atoms with Crippen molar-refractivity contribution in [3.63, 3.8) is 0 Å². The van der Waals surface area contributed by atoms with Crippen LogP contribution in [-0.4, -0.2) is 29.3 Å². The van der Waals surface area contributed by atoms with Gasteiger partial charge >= 0.3 is 6.18 Å². The molecule has 0 bridgehead atoms. The Morgan fingerprint density at radius 3 is 2.27 bits per heavy atom. The van der Waals surface area contributed by atoms with Crippen LogP contribution in [0.15, 0.2) is 65.9 Å². The highest BCUT2D eigenvalue weighted by Gasteiger charge is 2.41. The molecule has 44 heavy (non-hydrogen) atoms. The molecule has 3 aromatic rings. The van der Waals surface area contributed by atoms with Gasteiger partial charge in [-0.3, -0.25) is 9.59 Å². The molecular weight excluding hydrogens is 576 g/mol. The molecule has 1 saturated heterocycles. The Labute approximate surface area is 253 Å². The van der Waals surface area contributed by atoms with Crippen molar-refractivity contribution in [2.75, 3.05) is 16.9 Å². The normalized spacial score (nSPS) is 19.1. The first-order chi connectivity index (χ1) is 21.0. The Bertz CT molecular complexity index is 1520. The summed E-state index contributed by atoms with van der Waals surface area (Å²) >= 11 is 0. The second-order valence-corrected chi connectivity index (χ2v) is 11.6. The van der Waals surface area contributed by atoms with Gasteiger partial charge in [0.15, 0.2) is 0 Å². The van der Waals surface area contributed by atoms with Crippen LogP contribution >= 0.6 is 0 Å². The Morgan fingerprint density at radius 1 is 0.932 bits per heavy atom. The predicted molar refractivity (Wildman–Crippen MR) is 159 cm³/mol. The minimum absolute atomic E-state index is 0.00948. The molecule has 1 saturated carbocycles. The summed E-state index contributed by atoms with van der Waals surface area (Å²) in [6.07, 6.45) is -0.116. The average Bonchev–Trinajstić information content (AvgIpc) is 3.52. The third kappa shape index (κ3) is 6.32. The third-order valence-corrected chi connectivity index (χ3v) is 8.73. The van der Waals surface area contributed by atoms with Crippen LogP contribution in [0, 0.1) is 30.5 Å². The Kier molecular flexibility index (Phi) is 9.03. The van der Waals surface area contributed by atoms with E-state index in [-0.39, 0.29) is 29.4 Å². The number of carbonyl (C=O) groups is 2. The Balaban J connectivity index is 1.51. The van der Waals surface area contributed by atoms with Crippen LogP contribution in [0.2, 0.25) is 0 Å². The summed E-state index contributed by atoms with van der Waals surface area (Å²) in [7, 11) is 0. The second kappa shape index (κ2) is 12.8. The van der Waals surface area contributed by atoms with Crippen molar-refractivity contribution in [1.29, 1.82) is 0 Å². The van der Waals surface area contributed by atoms with Crippen LogP contribution in [-0.2, 0) is 11.0 Å². The zero-order valence-electron chi connectivity index (χ0n) is 24.5. The lowest BCUT2D eigenvalue weighted by atomic mass is 9.83. The zero-order chi connectivity index (χ0) is 31.6. The van der Waals surface area contributed by atoms with Crippen molar-refractivity contribution in [2.24, 2.45) is 11.2 Å². The number of anilines is 2. The van der Waals surface area contributed by atoms with Crippen LogP contribution < -0.4 is 10.3 Å². The summed E-state index contributed by atoms with van der Waals surface area (Å²) in [6.45, 7) is 3.22. The summed E-state index contributed by atoms with van der Waals surface area (Å²) in [6, 6.07) is 14.0. The maximum atomic E-state index is 15.0. The Hall–Kier alpha value is -4.28. The molecule has 0 unspecified atom stereocenters. The van der Waals surface area contributed by atoms with Gasteiger partial charge in [-0.15, -0.1) is 4.91 Å². The standard InChI is InChI=1S/C33H34F4N4O3/c1-20-12-15-23(19-27(20)33(35,36)37)38-31(42)26-10-6-18-40(32(43)29-21(2)7-5-11-28(29)34)30(26)22-13-16-25(17-14-22)41(39-44)24-8-3-4-9-24/h5,7,11-17,19,24,26,30H,3-4,6,8-10,18H2,1-2H3,(H,38,42)/t26-,30-/m0/s1. The van der Waals surface area contributed by atoms with E-state index in [4.69, 9.17) is 0 Å². The van der Waals surface area contributed by atoms with E-state index in [0.717, 1.165) is 31.7 Å². The number of halogens is 4. The van der Waals surface area contributed by atoms with E-state index in [1.165, 1.54) is 41.1 Å². The molecule has 1 heterocycles. The SMILES string of the molecule is Cc1ccc(NC(=O)[C@H]2CCCN(C(=O)c3c(C)cccc3F)[C@H]2c2ccc(N(N=O)C3CCCC3)cc2)cc1C(F)(F)F. The van der Waals surface area contributed by atoms with E-state index in [1.54, 1.807) is 37.3 Å². The molecule has 1 aliphatic heterocycles. The van der Waals surface area contributed by atoms with Gasteiger partial charge in [0.1, 0.15) is 5.82 Å². The van der Waals surface area contributed by atoms with Crippen LogP contribution in [0.25, 0.3) is 0 Å². The van der Waals surface area contributed by atoms with E-state index in [0.29, 0.717) is 29.7 Å². The number of likely N-dealkylation sites (tertiary alicyclic amines) is 1. The molecule has 0 spiro atoms. The fourth-order valence-corrected chi connectivity index (χ4v) is 6.49. The van der Waals surface area contributed by atoms with E-state index in [1.807, 2.05) is 0 Å². The molecular formula is C33H34F4N4O3. The lowest BCUT2D eigenvalue weighted by Crippen LogP contribution is -2.46. The molecule has 0 aromatic heterocycles. The molecule has 5 rings (SSSR count). The first-order valence-electron chi connectivity index (χ1n) is 14.8. The van der Waals surface area contributed by atoms with Crippen LogP contribution in [0.3, 0.4) is 0 Å². The number of carbonyl (C=O) groups excluding carboxylic acids is 2. The maximum Gasteiger partial charge on any atom is 0.416 e. The third-order valence-electron chi connectivity index (χ3n) is 8.73. The highest BCUT2D eigenvalue weighted by Crippen LogP contribution is 2.40. The smallest absolute Gasteiger partial charge is 0.331 e. The van der Waals surface area contributed by atoms with E-state index in [2.05, 4.69) is 10.6 Å². The van der Waals surface area contributed by atoms with Gasteiger partial charge in [-0.1, -0.05) is 43.2 Å². The number of aryl methyl sites for hydroxylation is 2. The maximum absolute atomic E-state index is 15.0.